The molecule has 1 N–H and O–H groups in total. The molecule has 0 bridgehead atoms. The Morgan fingerprint density at radius 3 is 2.71 bits per heavy atom. The SMILES string of the molecule is CN(CC1CC1)C(=O)CC1Sc2ccc(C(F)(F)F)cc2NC1=O. The minimum atomic E-state index is -4.46. The molecule has 1 heterocycles. The van der Waals surface area contributed by atoms with Gasteiger partial charge in [0.05, 0.1) is 16.5 Å². The van der Waals surface area contributed by atoms with Gasteiger partial charge in [0.2, 0.25) is 11.8 Å². The summed E-state index contributed by atoms with van der Waals surface area (Å²) in [5.74, 6) is 0.0122. The second-order valence-corrected chi connectivity index (χ2v) is 7.47. The first-order chi connectivity index (χ1) is 11.2. The molecule has 1 aliphatic carbocycles. The number of carbonyl (C=O) groups excluding carboxylic acids is 2. The van der Waals surface area contributed by atoms with Crippen molar-refractivity contribution in [1.82, 2.24) is 4.90 Å². The number of halogens is 3. The van der Waals surface area contributed by atoms with E-state index in [1.807, 2.05) is 0 Å². The molecule has 3 rings (SSSR count). The van der Waals surface area contributed by atoms with Crippen LogP contribution in [0.4, 0.5) is 18.9 Å². The molecule has 130 valence electrons. The zero-order valence-corrected chi connectivity index (χ0v) is 13.8. The summed E-state index contributed by atoms with van der Waals surface area (Å²) in [6.45, 7) is 0.698. The Morgan fingerprint density at radius 2 is 2.08 bits per heavy atom. The topological polar surface area (TPSA) is 49.4 Å². The van der Waals surface area contributed by atoms with Gasteiger partial charge in [-0.05, 0) is 37.0 Å². The van der Waals surface area contributed by atoms with Gasteiger partial charge in [0.1, 0.15) is 0 Å². The monoisotopic (exact) mass is 358 g/mol. The molecule has 1 aromatic rings. The van der Waals surface area contributed by atoms with Crippen LogP contribution in [0.5, 0.6) is 0 Å². The van der Waals surface area contributed by atoms with Crippen LogP contribution in [0.25, 0.3) is 0 Å². The molecule has 2 amide bonds. The third kappa shape index (κ3) is 3.85. The molecule has 1 aromatic carbocycles. The summed E-state index contributed by atoms with van der Waals surface area (Å²) in [4.78, 5) is 26.5. The number of nitrogens with one attached hydrogen (secondary N) is 1. The molecule has 0 aromatic heterocycles. The first-order valence-electron chi connectivity index (χ1n) is 7.67. The smallest absolute Gasteiger partial charge is 0.345 e. The number of hydrogen-bond donors (Lipinski definition) is 1. The van der Waals surface area contributed by atoms with E-state index in [1.54, 1.807) is 11.9 Å². The number of nitrogens with zero attached hydrogens (tertiary/aromatic N) is 1. The van der Waals surface area contributed by atoms with Crippen LogP contribution in [-0.4, -0.2) is 35.6 Å². The summed E-state index contributed by atoms with van der Waals surface area (Å²) >= 11 is 1.14. The van der Waals surface area contributed by atoms with E-state index >= 15 is 0 Å². The van der Waals surface area contributed by atoms with Crippen LogP contribution in [0.3, 0.4) is 0 Å². The summed E-state index contributed by atoms with van der Waals surface area (Å²) in [6, 6.07) is 3.26. The van der Waals surface area contributed by atoms with Gasteiger partial charge in [-0.15, -0.1) is 11.8 Å². The average Bonchev–Trinajstić information content (AvgIpc) is 3.30. The third-order valence-corrected chi connectivity index (χ3v) is 5.42. The van der Waals surface area contributed by atoms with Crippen molar-refractivity contribution in [2.45, 2.75) is 35.6 Å². The number of hydrogen-bond acceptors (Lipinski definition) is 3. The maximum Gasteiger partial charge on any atom is 0.416 e. The minimum absolute atomic E-state index is 0.0418. The van der Waals surface area contributed by atoms with E-state index in [0.717, 1.165) is 36.7 Å². The molecular weight excluding hydrogens is 341 g/mol. The maximum atomic E-state index is 12.7. The van der Waals surface area contributed by atoms with E-state index in [0.29, 0.717) is 17.4 Å². The van der Waals surface area contributed by atoms with E-state index in [9.17, 15) is 22.8 Å². The first-order valence-corrected chi connectivity index (χ1v) is 8.54. The van der Waals surface area contributed by atoms with Gasteiger partial charge in [-0.25, -0.2) is 0 Å². The molecular formula is C16H17F3N2O2S. The van der Waals surface area contributed by atoms with Crippen molar-refractivity contribution in [3.63, 3.8) is 0 Å². The number of alkyl halides is 3. The Morgan fingerprint density at radius 1 is 1.38 bits per heavy atom. The standard InChI is InChI=1S/C16H17F3N2O2S/c1-21(8-9-2-3-9)14(22)7-13-15(23)20-11-6-10(16(17,18)19)4-5-12(11)24-13/h4-6,9,13H,2-3,7-8H2,1H3,(H,20,23). The van der Waals surface area contributed by atoms with Crippen molar-refractivity contribution in [3.05, 3.63) is 23.8 Å². The Kier molecular flexibility index (Phi) is 4.50. The molecule has 24 heavy (non-hydrogen) atoms. The largest absolute Gasteiger partial charge is 0.416 e. The van der Waals surface area contributed by atoms with E-state index in [2.05, 4.69) is 5.32 Å². The van der Waals surface area contributed by atoms with Gasteiger partial charge in [-0.3, -0.25) is 9.59 Å². The lowest BCUT2D eigenvalue weighted by molar-refractivity contribution is -0.137. The van der Waals surface area contributed by atoms with Crippen LogP contribution in [0.15, 0.2) is 23.1 Å². The number of anilines is 1. The fourth-order valence-corrected chi connectivity index (χ4v) is 3.65. The van der Waals surface area contributed by atoms with Crippen molar-refractivity contribution in [1.29, 1.82) is 0 Å². The molecule has 1 aliphatic heterocycles. The van der Waals surface area contributed by atoms with Crippen molar-refractivity contribution >= 4 is 29.3 Å². The van der Waals surface area contributed by atoms with Gasteiger partial charge in [-0.1, -0.05) is 0 Å². The van der Waals surface area contributed by atoms with Crippen LogP contribution in [-0.2, 0) is 15.8 Å². The van der Waals surface area contributed by atoms with E-state index in [4.69, 9.17) is 0 Å². The number of thioether (sulfide) groups is 1. The highest BCUT2D eigenvalue weighted by Gasteiger charge is 2.35. The molecule has 1 fully saturated rings. The number of fused-ring (bicyclic) bond motifs is 1. The quantitative estimate of drug-likeness (QED) is 0.898. The number of carbonyl (C=O) groups is 2. The van der Waals surface area contributed by atoms with E-state index in [1.165, 1.54) is 6.07 Å². The summed E-state index contributed by atoms with van der Waals surface area (Å²) in [6.07, 6.45) is -2.15. The second kappa shape index (κ2) is 6.31. The Labute approximate surface area is 141 Å². The Hall–Kier alpha value is -1.70. The highest BCUT2D eigenvalue weighted by atomic mass is 32.2. The number of rotatable bonds is 4. The van der Waals surface area contributed by atoms with Gasteiger partial charge in [0.25, 0.3) is 0 Å². The minimum Gasteiger partial charge on any atom is -0.345 e. The normalized spacial score (nSPS) is 20.3. The summed E-state index contributed by atoms with van der Waals surface area (Å²) < 4.78 is 38.2. The van der Waals surface area contributed by atoms with Gasteiger partial charge in [0.15, 0.2) is 0 Å². The zero-order valence-electron chi connectivity index (χ0n) is 13.0. The maximum absolute atomic E-state index is 12.7. The van der Waals surface area contributed by atoms with Gasteiger partial charge in [-0.2, -0.15) is 13.2 Å². The van der Waals surface area contributed by atoms with Crippen molar-refractivity contribution < 1.29 is 22.8 Å². The Bertz CT molecular complexity index is 674. The molecule has 0 saturated heterocycles. The lowest BCUT2D eigenvalue weighted by Crippen LogP contribution is -2.36. The molecule has 1 saturated carbocycles. The van der Waals surface area contributed by atoms with Crippen molar-refractivity contribution in [2.24, 2.45) is 5.92 Å². The lowest BCUT2D eigenvalue weighted by atomic mass is 10.1. The molecule has 1 unspecified atom stereocenters. The third-order valence-electron chi connectivity index (χ3n) is 4.14. The van der Waals surface area contributed by atoms with Crippen LogP contribution < -0.4 is 5.32 Å². The van der Waals surface area contributed by atoms with E-state index < -0.39 is 22.9 Å². The van der Waals surface area contributed by atoms with Crippen molar-refractivity contribution in [3.8, 4) is 0 Å². The molecule has 2 aliphatic rings. The molecule has 0 radical (unpaired) electrons. The molecule has 0 spiro atoms. The highest BCUT2D eigenvalue weighted by Crippen LogP contribution is 2.40. The second-order valence-electron chi connectivity index (χ2n) is 6.23. The molecule has 4 nitrogen and oxygen atoms in total. The fourth-order valence-electron chi connectivity index (χ4n) is 2.57. The summed E-state index contributed by atoms with van der Waals surface area (Å²) in [7, 11) is 1.72. The first kappa shape index (κ1) is 17.1. The molecule has 1 atom stereocenters. The summed E-state index contributed by atoms with van der Waals surface area (Å²) in [5.41, 5.74) is -0.657. The van der Waals surface area contributed by atoms with Crippen LogP contribution in [0.2, 0.25) is 0 Å². The number of benzene rings is 1. The predicted molar refractivity (Wildman–Crippen MR) is 84.7 cm³/mol. The van der Waals surface area contributed by atoms with Gasteiger partial charge >= 0.3 is 6.18 Å². The van der Waals surface area contributed by atoms with Gasteiger partial charge < -0.3 is 10.2 Å². The zero-order chi connectivity index (χ0) is 17.5. The summed E-state index contributed by atoms with van der Waals surface area (Å²) in [5, 5.41) is 1.87. The Balaban J connectivity index is 1.68. The van der Waals surface area contributed by atoms with E-state index in [-0.39, 0.29) is 18.0 Å². The van der Waals surface area contributed by atoms with Crippen LogP contribution >= 0.6 is 11.8 Å². The average molecular weight is 358 g/mol. The van der Waals surface area contributed by atoms with Crippen molar-refractivity contribution in [2.75, 3.05) is 18.9 Å². The lowest BCUT2D eigenvalue weighted by Gasteiger charge is -2.26. The fraction of sp³-hybridized carbons (Fsp3) is 0.500. The number of amides is 2. The predicted octanol–water partition coefficient (Wildman–Crippen LogP) is 3.38. The molecule has 8 heteroatoms. The van der Waals surface area contributed by atoms with Crippen LogP contribution in [0, 0.1) is 5.92 Å². The van der Waals surface area contributed by atoms with Gasteiger partial charge in [0, 0.05) is 24.9 Å². The van der Waals surface area contributed by atoms with Crippen LogP contribution in [0.1, 0.15) is 24.8 Å². The highest BCUT2D eigenvalue weighted by molar-refractivity contribution is 8.01.